The molecule has 0 aromatic heterocycles. The number of hydrogen-bond donors (Lipinski definition) is 4. The lowest BCUT2D eigenvalue weighted by Gasteiger charge is -2.46. The highest BCUT2D eigenvalue weighted by molar-refractivity contribution is 9.10. The Labute approximate surface area is 170 Å². The van der Waals surface area contributed by atoms with E-state index in [0.29, 0.717) is 21.0 Å². The minimum absolute atomic E-state index is 0.132. The first-order chi connectivity index (χ1) is 12.6. The van der Waals surface area contributed by atoms with Crippen molar-refractivity contribution in [2.24, 2.45) is 0 Å². The van der Waals surface area contributed by atoms with Gasteiger partial charge in [0.05, 0.1) is 21.0 Å². The molecule has 26 heavy (non-hydrogen) atoms. The lowest BCUT2D eigenvalue weighted by atomic mass is 9.81. The minimum atomic E-state index is -0.132. The number of para-hydroxylation sites is 2. The molecular formula is C20H22Br2N2O2. The third-order valence-electron chi connectivity index (χ3n) is 5.59. The number of piperazine rings is 1. The van der Waals surface area contributed by atoms with Crippen molar-refractivity contribution in [3.05, 3.63) is 56.5 Å². The standard InChI is InChI=1S/C20H22Br2N2O2/c21-13-7-3-5-11(19(13)25)17-18(12-6-4-8-14(22)20(12)26)24-16-10-2-1-9-15(16)23-17/h3-8,15-18,23-26H,1-2,9-10H2/t15-,16-,17+,18+/m0/s1. The van der Waals surface area contributed by atoms with Crippen molar-refractivity contribution < 1.29 is 10.2 Å². The molecular weight excluding hydrogens is 460 g/mol. The molecule has 4 nitrogen and oxygen atoms in total. The van der Waals surface area contributed by atoms with Crippen LogP contribution in [0.25, 0.3) is 0 Å². The van der Waals surface area contributed by atoms with Gasteiger partial charge in [-0.3, -0.25) is 0 Å². The van der Waals surface area contributed by atoms with Gasteiger partial charge in [-0.2, -0.15) is 0 Å². The highest BCUT2D eigenvalue weighted by Gasteiger charge is 2.40. The van der Waals surface area contributed by atoms with Crippen LogP contribution in [0, 0.1) is 0 Å². The third-order valence-corrected chi connectivity index (χ3v) is 6.87. The predicted octanol–water partition coefficient (Wildman–Crippen LogP) is 4.91. The molecule has 2 fully saturated rings. The summed E-state index contributed by atoms with van der Waals surface area (Å²) in [5, 5.41) is 28.8. The molecule has 4 N–H and O–H groups in total. The molecule has 138 valence electrons. The first-order valence-corrected chi connectivity index (χ1v) is 10.6. The van der Waals surface area contributed by atoms with E-state index in [-0.39, 0.29) is 23.6 Å². The van der Waals surface area contributed by atoms with Crippen molar-refractivity contribution in [3.8, 4) is 11.5 Å². The Bertz CT molecular complexity index is 747. The first-order valence-electron chi connectivity index (χ1n) is 9.03. The van der Waals surface area contributed by atoms with Crippen molar-refractivity contribution in [3.63, 3.8) is 0 Å². The summed E-state index contributed by atoms with van der Waals surface area (Å²) in [6.45, 7) is 0. The van der Waals surface area contributed by atoms with Crippen molar-refractivity contribution in [2.45, 2.75) is 49.9 Å². The van der Waals surface area contributed by atoms with Crippen LogP contribution in [-0.4, -0.2) is 22.3 Å². The van der Waals surface area contributed by atoms with E-state index in [1.807, 2.05) is 36.4 Å². The smallest absolute Gasteiger partial charge is 0.134 e. The van der Waals surface area contributed by atoms with E-state index < -0.39 is 0 Å². The van der Waals surface area contributed by atoms with Crippen LogP contribution in [0.2, 0.25) is 0 Å². The average molecular weight is 482 g/mol. The zero-order chi connectivity index (χ0) is 18.3. The van der Waals surface area contributed by atoms with Crippen LogP contribution in [0.3, 0.4) is 0 Å². The topological polar surface area (TPSA) is 64.5 Å². The van der Waals surface area contributed by atoms with E-state index in [2.05, 4.69) is 42.5 Å². The fourth-order valence-corrected chi connectivity index (χ4v) is 5.05. The maximum atomic E-state index is 10.6. The van der Waals surface area contributed by atoms with E-state index in [1.165, 1.54) is 12.8 Å². The van der Waals surface area contributed by atoms with E-state index in [4.69, 9.17) is 0 Å². The summed E-state index contributed by atoms with van der Waals surface area (Å²) in [5.74, 6) is 0.501. The molecule has 1 heterocycles. The number of rotatable bonds is 2. The Morgan fingerprint density at radius 2 is 1.15 bits per heavy atom. The quantitative estimate of drug-likeness (QED) is 0.492. The van der Waals surface area contributed by atoms with Crippen LogP contribution in [0.4, 0.5) is 0 Å². The van der Waals surface area contributed by atoms with Crippen LogP contribution in [0.1, 0.15) is 48.9 Å². The molecule has 2 aromatic carbocycles. The zero-order valence-corrected chi connectivity index (χ0v) is 17.4. The predicted molar refractivity (Wildman–Crippen MR) is 109 cm³/mol. The van der Waals surface area contributed by atoms with Crippen molar-refractivity contribution >= 4 is 31.9 Å². The Hall–Kier alpha value is -1.08. The molecule has 0 unspecified atom stereocenters. The molecule has 6 heteroatoms. The summed E-state index contributed by atoms with van der Waals surface area (Å²) in [4.78, 5) is 0. The Morgan fingerprint density at radius 3 is 1.58 bits per heavy atom. The van der Waals surface area contributed by atoms with Gasteiger partial charge >= 0.3 is 0 Å². The molecule has 0 amide bonds. The molecule has 1 saturated carbocycles. The van der Waals surface area contributed by atoms with Crippen LogP contribution in [0.15, 0.2) is 45.3 Å². The largest absolute Gasteiger partial charge is 0.506 e. The maximum absolute atomic E-state index is 10.6. The molecule has 4 rings (SSSR count). The molecule has 1 saturated heterocycles. The van der Waals surface area contributed by atoms with Crippen molar-refractivity contribution in [2.75, 3.05) is 0 Å². The van der Waals surface area contributed by atoms with Gasteiger partial charge in [0, 0.05) is 23.2 Å². The number of phenols is 2. The second-order valence-electron chi connectivity index (χ2n) is 7.14. The van der Waals surface area contributed by atoms with Gasteiger partial charge in [0.1, 0.15) is 11.5 Å². The lowest BCUT2D eigenvalue weighted by molar-refractivity contribution is 0.165. The molecule has 0 bridgehead atoms. The number of nitrogens with one attached hydrogen (secondary N) is 2. The van der Waals surface area contributed by atoms with E-state index in [0.717, 1.165) is 24.0 Å². The molecule has 2 aliphatic rings. The molecule has 0 radical (unpaired) electrons. The maximum Gasteiger partial charge on any atom is 0.134 e. The van der Waals surface area contributed by atoms with Gasteiger partial charge in [-0.15, -0.1) is 0 Å². The van der Waals surface area contributed by atoms with Gasteiger partial charge in [0.15, 0.2) is 0 Å². The molecule has 0 spiro atoms. The average Bonchev–Trinajstić information content (AvgIpc) is 2.65. The SMILES string of the molecule is Oc1c(Br)cccc1[C@H]1N[C@H]2CCCC[C@@H]2N[C@@H]1c1cccc(Br)c1O. The van der Waals surface area contributed by atoms with Gasteiger partial charge in [0.25, 0.3) is 0 Å². The summed E-state index contributed by atoms with van der Waals surface area (Å²) >= 11 is 6.86. The summed E-state index contributed by atoms with van der Waals surface area (Å²) in [6, 6.07) is 11.9. The fraction of sp³-hybridized carbons (Fsp3) is 0.400. The molecule has 2 aromatic rings. The number of aromatic hydroxyl groups is 2. The minimum Gasteiger partial charge on any atom is -0.506 e. The Balaban J connectivity index is 1.79. The summed E-state index contributed by atoms with van der Waals surface area (Å²) < 4.78 is 1.36. The normalized spacial score (nSPS) is 28.5. The molecule has 1 aliphatic heterocycles. The first kappa shape index (κ1) is 18.3. The van der Waals surface area contributed by atoms with E-state index in [9.17, 15) is 10.2 Å². The van der Waals surface area contributed by atoms with E-state index in [1.54, 1.807) is 0 Å². The van der Waals surface area contributed by atoms with Crippen LogP contribution >= 0.6 is 31.9 Å². The Morgan fingerprint density at radius 1 is 0.731 bits per heavy atom. The summed E-state index contributed by atoms with van der Waals surface area (Å²) in [6.07, 6.45) is 4.69. The van der Waals surface area contributed by atoms with Crippen LogP contribution in [0.5, 0.6) is 11.5 Å². The van der Waals surface area contributed by atoms with E-state index >= 15 is 0 Å². The van der Waals surface area contributed by atoms with Gasteiger partial charge in [-0.1, -0.05) is 37.1 Å². The number of benzene rings is 2. The number of phenolic OH excluding ortho intramolecular Hbond substituents is 2. The fourth-order valence-electron chi connectivity index (χ4n) is 4.29. The van der Waals surface area contributed by atoms with Gasteiger partial charge in [-0.25, -0.2) is 0 Å². The van der Waals surface area contributed by atoms with Crippen LogP contribution < -0.4 is 10.6 Å². The van der Waals surface area contributed by atoms with Crippen molar-refractivity contribution in [1.29, 1.82) is 0 Å². The number of hydrogen-bond acceptors (Lipinski definition) is 4. The van der Waals surface area contributed by atoms with Crippen LogP contribution in [-0.2, 0) is 0 Å². The summed E-state index contributed by atoms with van der Waals surface area (Å²) in [7, 11) is 0. The van der Waals surface area contributed by atoms with Gasteiger partial charge < -0.3 is 20.8 Å². The molecule has 1 aliphatic carbocycles. The Kier molecular flexibility index (Phi) is 5.28. The second-order valence-corrected chi connectivity index (χ2v) is 8.85. The van der Waals surface area contributed by atoms with Gasteiger partial charge in [0.2, 0.25) is 0 Å². The number of halogens is 2. The zero-order valence-electron chi connectivity index (χ0n) is 14.3. The highest BCUT2D eigenvalue weighted by atomic mass is 79.9. The summed E-state index contributed by atoms with van der Waals surface area (Å²) in [5.41, 5.74) is 1.67. The monoisotopic (exact) mass is 480 g/mol. The second kappa shape index (κ2) is 7.50. The number of fused-ring (bicyclic) bond motifs is 1. The lowest BCUT2D eigenvalue weighted by Crippen LogP contribution is -2.59. The van der Waals surface area contributed by atoms with Gasteiger partial charge in [-0.05, 0) is 56.8 Å². The molecule has 4 atom stereocenters. The highest BCUT2D eigenvalue weighted by Crippen LogP contribution is 2.44. The third kappa shape index (κ3) is 3.28. The van der Waals surface area contributed by atoms with Crippen molar-refractivity contribution in [1.82, 2.24) is 10.6 Å².